The van der Waals surface area contributed by atoms with Crippen LogP contribution in [-0.2, 0) is 5.41 Å². The van der Waals surface area contributed by atoms with E-state index in [1.165, 1.54) is 64.7 Å². The lowest BCUT2D eigenvalue weighted by Crippen LogP contribution is -2.25. The quantitative estimate of drug-likeness (QED) is 0.176. The van der Waals surface area contributed by atoms with Crippen LogP contribution in [0.2, 0.25) is 0 Å². The van der Waals surface area contributed by atoms with E-state index in [0.29, 0.717) is 17.5 Å². The van der Waals surface area contributed by atoms with Crippen LogP contribution in [0.5, 0.6) is 0 Å². The zero-order chi connectivity index (χ0) is 45.7. The molecule has 2 aliphatic carbocycles. The van der Waals surface area contributed by atoms with E-state index in [9.17, 15) is 0 Å². The van der Waals surface area contributed by atoms with Gasteiger partial charge >= 0.3 is 0 Å². The molecule has 0 fully saturated rings. The smallest absolute Gasteiger partial charge is 0.164 e. The van der Waals surface area contributed by atoms with Crippen LogP contribution >= 0.6 is 11.3 Å². The zero-order valence-corrected chi connectivity index (χ0v) is 38.1. The molecule has 0 bridgehead atoms. The summed E-state index contributed by atoms with van der Waals surface area (Å²) in [6.45, 7) is 0. The number of thiophene rings is 1. The van der Waals surface area contributed by atoms with Gasteiger partial charge in [0.2, 0.25) is 0 Å². The number of aromatic nitrogens is 3. The first-order valence-corrected chi connectivity index (χ1v) is 24.5. The lowest BCUT2D eigenvalue weighted by atomic mass is 9.70. The Morgan fingerprint density at radius 1 is 0.300 bits per heavy atom. The van der Waals surface area contributed by atoms with Crippen LogP contribution in [0.25, 0.3) is 132 Å². The van der Waals surface area contributed by atoms with Crippen molar-refractivity contribution in [2.45, 2.75) is 5.41 Å². The summed E-state index contributed by atoms with van der Waals surface area (Å²) in [5.41, 5.74) is 18.1. The first-order chi connectivity index (χ1) is 34.7. The predicted molar refractivity (Wildman–Crippen MR) is 285 cm³/mol. The van der Waals surface area contributed by atoms with Gasteiger partial charge in [0.25, 0.3) is 0 Å². The highest BCUT2D eigenvalue weighted by Crippen LogP contribution is 2.63. The topological polar surface area (TPSA) is 65.0 Å². The summed E-state index contributed by atoms with van der Waals surface area (Å²) in [6.07, 6.45) is 0. The first-order valence-electron chi connectivity index (χ1n) is 23.7. The van der Waals surface area contributed by atoms with E-state index in [-0.39, 0.29) is 0 Å². The number of nitrogens with zero attached hydrogens (tertiary/aromatic N) is 3. The lowest BCUT2D eigenvalue weighted by molar-refractivity contribution is 0.668. The van der Waals surface area contributed by atoms with Gasteiger partial charge in [-0.1, -0.05) is 164 Å². The Bertz CT molecular complexity index is 4510. The summed E-state index contributed by atoms with van der Waals surface area (Å²) in [5, 5.41) is 6.42. The summed E-state index contributed by atoms with van der Waals surface area (Å²) in [4.78, 5) is 16.0. The molecule has 0 unspecified atom stereocenters. The molecule has 14 aromatic rings. The highest BCUT2D eigenvalue weighted by Gasteiger charge is 2.51. The van der Waals surface area contributed by atoms with Crippen molar-refractivity contribution in [1.82, 2.24) is 15.0 Å². The van der Waals surface area contributed by atoms with Gasteiger partial charge in [-0.3, -0.25) is 0 Å². The van der Waals surface area contributed by atoms with Gasteiger partial charge in [0.05, 0.1) is 5.41 Å². The second kappa shape index (κ2) is 14.0. The molecule has 0 N–H and O–H groups in total. The fraction of sp³-hybridized carbons (Fsp3) is 0.0156. The number of hydrogen-bond acceptors (Lipinski definition) is 6. The average molecular weight is 910 g/mol. The van der Waals surface area contributed by atoms with Gasteiger partial charge in [0, 0.05) is 58.4 Å². The van der Waals surface area contributed by atoms with E-state index in [4.69, 9.17) is 23.8 Å². The predicted octanol–water partition coefficient (Wildman–Crippen LogP) is 17.0. The number of rotatable bonds is 4. The third kappa shape index (κ3) is 5.12. The summed E-state index contributed by atoms with van der Waals surface area (Å²) in [7, 11) is 0. The normalized spacial score (nSPS) is 13.3. The van der Waals surface area contributed by atoms with Crippen molar-refractivity contribution in [3.8, 4) is 67.5 Å². The Labute approximate surface area is 404 Å². The molecular formula is C64H35N3O2S. The van der Waals surface area contributed by atoms with Crippen LogP contribution in [0, 0.1) is 0 Å². The number of para-hydroxylation sites is 1. The van der Waals surface area contributed by atoms with E-state index in [2.05, 4.69) is 170 Å². The van der Waals surface area contributed by atoms with Crippen molar-refractivity contribution in [3.05, 3.63) is 235 Å². The molecule has 4 heterocycles. The Balaban J connectivity index is 0.904. The molecule has 0 saturated heterocycles. The Kier molecular flexibility index (Phi) is 7.63. The summed E-state index contributed by atoms with van der Waals surface area (Å²) in [6, 6.07) is 76.2. The van der Waals surface area contributed by atoms with Crippen LogP contribution < -0.4 is 0 Å². The van der Waals surface area contributed by atoms with Crippen molar-refractivity contribution in [3.63, 3.8) is 0 Å². The maximum Gasteiger partial charge on any atom is 0.164 e. The Hall–Kier alpha value is -8.97. The lowest BCUT2D eigenvalue weighted by Gasteiger charge is -2.30. The molecule has 4 aromatic heterocycles. The molecule has 0 amide bonds. The van der Waals surface area contributed by atoms with Gasteiger partial charge in [-0.15, -0.1) is 11.3 Å². The van der Waals surface area contributed by atoms with E-state index < -0.39 is 5.41 Å². The fourth-order valence-electron chi connectivity index (χ4n) is 12.0. The third-order valence-electron chi connectivity index (χ3n) is 15.0. The van der Waals surface area contributed by atoms with Gasteiger partial charge in [0.15, 0.2) is 17.5 Å². The molecule has 70 heavy (non-hydrogen) atoms. The standard InChI is InChI=1S/C64H35N3O2S/c1-6-20-49-39(13-1)40-14-2-7-21-50(40)64(49)51-22-8-3-15-41(51)42-30-27-37(34-52(42)64)36-29-32-54-48(33-36)60-47(19-12-25-56(60)69-54)63-66-61(38-28-31-44-43-16-5-10-26-57(43)70-58(44)35-38)65-62(67-63)46-18-11-24-55-59(46)45-17-4-9-23-53(45)68-55/h1-35H. The SMILES string of the molecule is c1ccc2c(c1)-c1ccccc1C21c2ccccc2-c2ccc(-c3ccc4oc5cccc(-c6nc(-c7ccc8c(c7)sc7ccccc78)nc(-c7cccc8oc9ccccc9c78)n6)c5c4c3)cc21. The summed E-state index contributed by atoms with van der Waals surface area (Å²) >= 11 is 1.79. The summed E-state index contributed by atoms with van der Waals surface area (Å²) < 4.78 is 15.5. The van der Waals surface area contributed by atoms with Crippen molar-refractivity contribution in [2.24, 2.45) is 0 Å². The van der Waals surface area contributed by atoms with Crippen molar-refractivity contribution in [1.29, 1.82) is 0 Å². The average Bonchev–Trinajstić information content (AvgIpc) is 4.23. The minimum Gasteiger partial charge on any atom is -0.456 e. The molecule has 2 aliphatic rings. The molecule has 10 aromatic carbocycles. The maximum absolute atomic E-state index is 6.70. The van der Waals surface area contributed by atoms with Crippen molar-refractivity contribution < 1.29 is 8.83 Å². The van der Waals surface area contributed by atoms with E-state index in [1.54, 1.807) is 11.3 Å². The Morgan fingerprint density at radius 3 is 1.49 bits per heavy atom. The molecule has 5 nitrogen and oxygen atoms in total. The van der Waals surface area contributed by atoms with Gasteiger partial charge in [-0.2, -0.15) is 0 Å². The van der Waals surface area contributed by atoms with Crippen LogP contribution in [0.15, 0.2) is 221 Å². The minimum atomic E-state index is -0.433. The molecule has 1 spiro atoms. The van der Waals surface area contributed by atoms with E-state index >= 15 is 0 Å². The fourth-order valence-corrected chi connectivity index (χ4v) is 13.2. The highest BCUT2D eigenvalue weighted by molar-refractivity contribution is 7.25. The zero-order valence-electron chi connectivity index (χ0n) is 37.3. The number of fused-ring (bicyclic) bond motifs is 19. The van der Waals surface area contributed by atoms with Crippen LogP contribution in [-0.4, -0.2) is 15.0 Å². The third-order valence-corrected chi connectivity index (χ3v) is 16.1. The monoisotopic (exact) mass is 909 g/mol. The molecule has 16 rings (SSSR count). The van der Waals surface area contributed by atoms with Crippen LogP contribution in [0.3, 0.4) is 0 Å². The van der Waals surface area contributed by atoms with Crippen molar-refractivity contribution in [2.75, 3.05) is 0 Å². The highest BCUT2D eigenvalue weighted by atomic mass is 32.1. The number of benzene rings is 10. The molecule has 0 aliphatic heterocycles. The maximum atomic E-state index is 6.70. The van der Waals surface area contributed by atoms with Crippen LogP contribution in [0.1, 0.15) is 22.3 Å². The molecular weight excluding hydrogens is 875 g/mol. The molecule has 324 valence electrons. The second-order valence-corrected chi connectivity index (χ2v) is 19.6. The van der Waals surface area contributed by atoms with Gasteiger partial charge < -0.3 is 8.83 Å². The second-order valence-electron chi connectivity index (χ2n) is 18.5. The van der Waals surface area contributed by atoms with Gasteiger partial charge in [-0.25, -0.2) is 15.0 Å². The molecule has 6 heteroatoms. The number of furan rings is 2. The molecule has 0 saturated carbocycles. The summed E-state index contributed by atoms with van der Waals surface area (Å²) in [5.74, 6) is 1.73. The number of hydrogen-bond donors (Lipinski definition) is 0. The first kappa shape index (κ1) is 38.0. The van der Waals surface area contributed by atoms with Crippen molar-refractivity contribution >= 4 is 75.4 Å². The Morgan fingerprint density at radius 2 is 0.786 bits per heavy atom. The van der Waals surface area contributed by atoms with E-state index in [1.807, 2.05) is 42.5 Å². The molecule has 0 atom stereocenters. The van der Waals surface area contributed by atoms with E-state index in [0.717, 1.165) is 71.7 Å². The van der Waals surface area contributed by atoms with Crippen LogP contribution in [0.4, 0.5) is 0 Å². The van der Waals surface area contributed by atoms with Gasteiger partial charge in [0.1, 0.15) is 22.3 Å². The van der Waals surface area contributed by atoms with Gasteiger partial charge in [-0.05, 0) is 104 Å². The largest absolute Gasteiger partial charge is 0.456 e. The molecule has 0 radical (unpaired) electrons. The minimum absolute atomic E-state index is 0.433.